The summed E-state index contributed by atoms with van der Waals surface area (Å²) in [5, 5.41) is 12.3. The summed E-state index contributed by atoms with van der Waals surface area (Å²) in [6.07, 6.45) is 2.46. The third kappa shape index (κ3) is 4.06. The summed E-state index contributed by atoms with van der Waals surface area (Å²) in [6.45, 7) is 1.79. The number of pyridine rings is 1. The van der Waals surface area contributed by atoms with E-state index in [9.17, 15) is 14.7 Å². The Balaban J connectivity index is 2.16. The molecule has 0 aliphatic rings. The number of methoxy groups -OCH3 is 1. The van der Waals surface area contributed by atoms with Crippen LogP contribution in [0.1, 0.15) is 23.0 Å². The highest BCUT2D eigenvalue weighted by atomic mass is 16.5. The number of aromatic nitrogens is 1. The highest BCUT2D eigenvalue weighted by Gasteiger charge is 2.15. The fraction of sp³-hybridized carbons (Fsp3) is 0.235. The smallest absolute Gasteiger partial charge is 0.325 e. The van der Waals surface area contributed by atoms with E-state index in [1.54, 1.807) is 0 Å². The van der Waals surface area contributed by atoms with Crippen LogP contribution in [-0.4, -0.2) is 35.6 Å². The average Bonchev–Trinajstić information content (AvgIpc) is 2.59. The third-order valence-electron chi connectivity index (χ3n) is 3.40. The van der Waals surface area contributed by atoms with Crippen molar-refractivity contribution in [2.45, 2.75) is 13.3 Å². The summed E-state index contributed by atoms with van der Waals surface area (Å²) in [4.78, 5) is 26.9. The van der Waals surface area contributed by atoms with Gasteiger partial charge in [-0.05, 0) is 23.6 Å². The van der Waals surface area contributed by atoms with Crippen LogP contribution >= 0.6 is 0 Å². The molecule has 0 unspecified atom stereocenters. The maximum Gasteiger partial charge on any atom is 0.325 e. The molecular formula is C17H18N2O4. The van der Waals surface area contributed by atoms with E-state index in [1.165, 1.54) is 24.9 Å². The number of rotatable bonds is 5. The zero-order valence-electron chi connectivity index (χ0n) is 13.0. The van der Waals surface area contributed by atoms with Crippen LogP contribution in [0.5, 0.6) is 5.75 Å². The number of aryl methyl sites for hydroxylation is 1. The Morgan fingerprint density at radius 1 is 1.22 bits per heavy atom. The van der Waals surface area contributed by atoms with Crippen LogP contribution in [0.2, 0.25) is 0 Å². The lowest BCUT2D eigenvalue weighted by Crippen LogP contribution is -2.30. The second-order valence-corrected chi connectivity index (χ2v) is 4.90. The van der Waals surface area contributed by atoms with Gasteiger partial charge >= 0.3 is 5.97 Å². The normalized spacial score (nSPS) is 10.2. The van der Waals surface area contributed by atoms with Gasteiger partial charge < -0.3 is 15.2 Å². The lowest BCUT2D eigenvalue weighted by Gasteiger charge is -2.08. The summed E-state index contributed by atoms with van der Waals surface area (Å²) in [5.74, 6) is -1.46. The molecular weight excluding hydrogens is 296 g/mol. The summed E-state index contributed by atoms with van der Waals surface area (Å²) >= 11 is 0. The van der Waals surface area contributed by atoms with Crippen LogP contribution in [0.15, 0.2) is 36.5 Å². The summed E-state index contributed by atoms with van der Waals surface area (Å²) < 4.78 is 4.43. The topological polar surface area (TPSA) is 88.5 Å². The van der Waals surface area contributed by atoms with E-state index in [0.717, 1.165) is 12.0 Å². The number of esters is 1. The third-order valence-corrected chi connectivity index (χ3v) is 3.40. The van der Waals surface area contributed by atoms with E-state index in [2.05, 4.69) is 22.0 Å². The van der Waals surface area contributed by atoms with Gasteiger partial charge in [0, 0.05) is 11.8 Å². The molecule has 120 valence electrons. The van der Waals surface area contributed by atoms with Gasteiger partial charge in [-0.15, -0.1) is 0 Å². The van der Waals surface area contributed by atoms with Crippen molar-refractivity contribution in [3.63, 3.8) is 0 Å². The maximum atomic E-state index is 11.9. The molecule has 2 N–H and O–H groups in total. The number of aromatic hydroxyl groups is 1. The van der Waals surface area contributed by atoms with Crippen molar-refractivity contribution in [2.24, 2.45) is 0 Å². The van der Waals surface area contributed by atoms with Crippen molar-refractivity contribution in [3.05, 3.63) is 47.8 Å². The number of hydrogen-bond acceptors (Lipinski definition) is 5. The number of amides is 1. The predicted molar refractivity (Wildman–Crippen MR) is 85.1 cm³/mol. The monoisotopic (exact) mass is 314 g/mol. The number of nitrogens with one attached hydrogen (secondary N) is 1. The first kappa shape index (κ1) is 16.5. The van der Waals surface area contributed by atoms with Gasteiger partial charge in [-0.25, -0.2) is 4.98 Å². The van der Waals surface area contributed by atoms with Crippen molar-refractivity contribution in [2.75, 3.05) is 13.7 Å². The Hall–Kier alpha value is -2.89. The van der Waals surface area contributed by atoms with Gasteiger partial charge in [0.25, 0.3) is 5.91 Å². The molecule has 1 aromatic carbocycles. The standard InChI is InChI=1S/C17H18N2O4/c1-3-11-4-6-12(7-5-11)13-8-14(20)16(18-9-13)17(22)19-10-15(21)23-2/h4-9,20H,3,10H2,1-2H3,(H,19,22). The Morgan fingerprint density at radius 3 is 2.48 bits per heavy atom. The molecule has 0 atom stereocenters. The van der Waals surface area contributed by atoms with Crippen LogP contribution in [0, 0.1) is 0 Å². The molecule has 0 aliphatic carbocycles. The minimum Gasteiger partial charge on any atom is -0.505 e. The second kappa shape index (κ2) is 7.40. The van der Waals surface area contributed by atoms with Gasteiger partial charge in [0.05, 0.1) is 7.11 Å². The zero-order chi connectivity index (χ0) is 16.8. The zero-order valence-corrected chi connectivity index (χ0v) is 13.0. The Bertz CT molecular complexity index is 711. The molecule has 0 saturated carbocycles. The number of ether oxygens (including phenoxy) is 1. The van der Waals surface area contributed by atoms with E-state index in [-0.39, 0.29) is 18.0 Å². The lowest BCUT2D eigenvalue weighted by atomic mass is 10.0. The van der Waals surface area contributed by atoms with E-state index in [4.69, 9.17) is 0 Å². The van der Waals surface area contributed by atoms with Gasteiger partial charge in [0.2, 0.25) is 0 Å². The molecule has 0 saturated heterocycles. The number of hydrogen-bond donors (Lipinski definition) is 2. The molecule has 6 heteroatoms. The maximum absolute atomic E-state index is 11.9. The first-order valence-corrected chi connectivity index (χ1v) is 7.18. The average molecular weight is 314 g/mol. The largest absolute Gasteiger partial charge is 0.505 e. The Labute approximate surface area is 134 Å². The molecule has 0 radical (unpaired) electrons. The van der Waals surface area contributed by atoms with E-state index < -0.39 is 11.9 Å². The number of carbonyl (C=O) groups is 2. The molecule has 1 heterocycles. The van der Waals surface area contributed by atoms with Gasteiger partial charge in [-0.3, -0.25) is 9.59 Å². The molecule has 0 bridgehead atoms. The van der Waals surface area contributed by atoms with Crippen LogP contribution in [0.4, 0.5) is 0 Å². The summed E-state index contributed by atoms with van der Waals surface area (Å²) in [5.41, 5.74) is 2.67. The van der Waals surface area contributed by atoms with Crippen LogP contribution in [0.25, 0.3) is 11.1 Å². The van der Waals surface area contributed by atoms with Crippen LogP contribution in [0.3, 0.4) is 0 Å². The molecule has 0 spiro atoms. The lowest BCUT2D eigenvalue weighted by molar-refractivity contribution is -0.139. The van der Waals surface area contributed by atoms with Gasteiger partial charge in [-0.2, -0.15) is 0 Å². The van der Waals surface area contributed by atoms with Crippen molar-refractivity contribution < 1.29 is 19.4 Å². The van der Waals surface area contributed by atoms with Crippen molar-refractivity contribution in [1.29, 1.82) is 0 Å². The van der Waals surface area contributed by atoms with Crippen molar-refractivity contribution >= 4 is 11.9 Å². The molecule has 0 aliphatic heterocycles. The minimum absolute atomic E-state index is 0.136. The quantitative estimate of drug-likeness (QED) is 0.823. The first-order chi connectivity index (χ1) is 11.0. The SMILES string of the molecule is CCc1ccc(-c2cnc(C(=O)NCC(=O)OC)c(O)c2)cc1. The fourth-order valence-corrected chi connectivity index (χ4v) is 2.03. The number of carbonyl (C=O) groups excluding carboxylic acids is 2. The highest BCUT2D eigenvalue weighted by Crippen LogP contribution is 2.25. The molecule has 1 aromatic heterocycles. The van der Waals surface area contributed by atoms with Gasteiger partial charge in [-0.1, -0.05) is 31.2 Å². The van der Waals surface area contributed by atoms with Crippen molar-refractivity contribution in [3.8, 4) is 16.9 Å². The molecule has 6 nitrogen and oxygen atoms in total. The van der Waals surface area contributed by atoms with Crippen LogP contribution < -0.4 is 5.32 Å². The fourth-order valence-electron chi connectivity index (χ4n) is 2.03. The molecule has 2 aromatic rings. The van der Waals surface area contributed by atoms with E-state index in [1.807, 2.05) is 24.3 Å². The van der Waals surface area contributed by atoms with E-state index in [0.29, 0.717) is 5.56 Å². The molecule has 0 fully saturated rings. The Morgan fingerprint density at radius 2 is 1.91 bits per heavy atom. The predicted octanol–water partition coefficient (Wildman–Crippen LogP) is 1.92. The second-order valence-electron chi connectivity index (χ2n) is 4.90. The molecule has 23 heavy (non-hydrogen) atoms. The Kier molecular flexibility index (Phi) is 5.30. The summed E-state index contributed by atoms with van der Waals surface area (Å²) in [6, 6.07) is 9.35. The first-order valence-electron chi connectivity index (χ1n) is 7.18. The van der Waals surface area contributed by atoms with Crippen molar-refractivity contribution in [1.82, 2.24) is 10.3 Å². The van der Waals surface area contributed by atoms with Crippen LogP contribution in [-0.2, 0) is 16.0 Å². The number of benzene rings is 1. The van der Waals surface area contributed by atoms with Gasteiger partial charge in [0.15, 0.2) is 5.69 Å². The van der Waals surface area contributed by atoms with E-state index >= 15 is 0 Å². The highest BCUT2D eigenvalue weighted by molar-refractivity contribution is 5.96. The molecule has 2 rings (SSSR count). The minimum atomic E-state index is -0.638. The van der Waals surface area contributed by atoms with Gasteiger partial charge in [0.1, 0.15) is 12.3 Å². The molecule has 1 amide bonds. The number of nitrogens with zero attached hydrogens (tertiary/aromatic N) is 1. The summed E-state index contributed by atoms with van der Waals surface area (Å²) in [7, 11) is 1.23.